The van der Waals surface area contributed by atoms with Gasteiger partial charge in [-0.15, -0.1) is 0 Å². The van der Waals surface area contributed by atoms with Gasteiger partial charge in [-0.25, -0.2) is 0 Å². The maximum Gasteiger partial charge on any atom is 0.257 e. The van der Waals surface area contributed by atoms with E-state index < -0.39 is 0 Å². The van der Waals surface area contributed by atoms with E-state index in [4.69, 9.17) is 4.74 Å². The van der Waals surface area contributed by atoms with Crippen LogP contribution in [0.3, 0.4) is 0 Å². The van der Waals surface area contributed by atoms with Crippen LogP contribution < -0.4 is 15.0 Å². The summed E-state index contributed by atoms with van der Waals surface area (Å²) < 4.78 is 5.60. The van der Waals surface area contributed by atoms with Crippen molar-refractivity contribution >= 4 is 17.5 Å². The molecule has 7 nitrogen and oxygen atoms in total. The molecular formula is C20H30N4O3. The highest BCUT2D eigenvalue weighted by molar-refractivity contribution is 5.95. The number of nitrogens with zero attached hydrogens (tertiary/aromatic N) is 3. The molecule has 0 aliphatic carbocycles. The molecule has 2 heterocycles. The zero-order valence-electron chi connectivity index (χ0n) is 16.2. The van der Waals surface area contributed by atoms with Crippen molar-refractivity contribution in [2.24, 2.45) is 0 Å². The zero-order chi connectivity index (χ0) is 19.1. The molecule has 1 N–H and O–H groups in total. The van der Waals surface area contributed by atoms with Crippen molar-refractivity contribution in [3.05, 3.63) is 24.3 Å². The molecule has 1 aromatic rings. The Balaban J connectivity index is 1.34. The van der Waals surface area contributed by atoms with Crippen LogP contribution in [0, 0.1) is 0 Å². The monoisotopic (exact) mass is 374 g/mol. The van der Waals surface area contributed by atoms with Crippen molar-refractivity contribution in [3.63, 3.8) is 0 Å². The molecule has 0 bridgehead atoms. The Bertz CT molecular complexity index is 644. The van der Waals surface area contributed by atoms with Gasteiger partial charge < -0.3 is 24.8 Å². The van der Waals surface area contributed by atoms with Crippen molar-refractivity contribution in [3.8, 4) is 5.75 Å². The number of benzene rings is 1. The fraction of sp³-hybridized carbons (Fsp3) is 0.600. The first-order chi connectivity index (χ1) is 13.1. The van der Waals surface area contributed by atoms with Crippen LogP contribution >= 0.6 is 0 Å². The molecule has 3 rings (SSSR count). The van der Waals surface area contributed by atoms with Crippen molar-refractivity contribution in [2.75, 3.05) is 64.4 Å². The van der Waals surface area contributed by atoms with Gasteiger partial charge in [-0.05, 0) is 38.6 Å². The van der Waals surface area contributed by atoms with Crippen LogP contribution in [0.25, 0.3) is 0 Å². The van der Waals surface area contributed by atoms with Gasteiger partial charge in [-0.1, -0.05) is 6.07 Å². The summed E-state index contributed by atoms with van der Waals surface area (Å²) in [5, 5.41) is 2.91. The Kier molecular flexibility index (Phi) is 7.06. The first-order valence-corrected chi connectivity index (χ1v) is 9.82. The molecule has 0 saturated carbocycles. The molecule has 2 saturated heterocycles. The molecule has 2 aliphatic heterocycles. The van der Waals surface area contributed by atoms with E-state index in [0.717, 1.165) is 57.8 Å². The lowest BCUT2D eigenvalue weighted by Crippen LogP contribution is -2.45. The van der Waals surface area contributed by atoms with Gasteiger partial charge in [0.25, 0.3) is 5.91 Å². The Hall–Kier alpha value is -2.12. The quantitative estimate of drug-likeness (QED) is 0.687. The maximum atomic E-state index is 12.0. The molecule has 27 heavy (non-hydrogen) atoms. The van der Waals surface area contributed by atoms with Crippen molar-refractivity contribution in [1.29, 1.82) is 0 Å². The third kappa shape index (κ3) is 5.94. The average molecular weight is 374 g/mol. The van der Waals surface area contributed by atoms with Crippen molar-refractivity contribution < 1.29 is 14.3 Å². The second-order valence-corrected chi connectivity index (χ2v) is 7.28. The number of carbonyl (C=O) groups excluding carboxylic acids is 2. The lowest BCUT2D eigenvalue weighted by molar-refractivity contribution is -0.123. The molecule has 2 fully saturated rings. The summed E-state index contributed by atoms with van der Waals surface area (Å²) >= 11 is 0. The van der Waals surface area contributed by atoms with E-state index in [1.165, 1.54) is 0 Å². The lowest BCUT2D eigenvalue weighted by Gasteiger charge is -2.32. The molecule has 148 valence electrons. The zero-order valence-corrected chi connectivity index (χ0v) is 16.2. The minimum atomic E-state index is -0.115. The second kappa shape index (κ2) is 9.71. The van der Waals surface area contributed by atoms with Gasteiger partial charge >= 0.3 is 0 Å². The number of amides is 2. The van der Waals surface area contributed by atoms with E-state index in [1.807, 2.05) is 24.3 Å². The fourth-order valence-electron chi connectivity index (χ4n) is 3.46. The standard InChI is InChI=1S/C20H30N4O3/c1-22-11-13-23(14-12-22)9-4-8-21-19(25)16-27-18-6-2-5-17(15-18)24-10-3-7-20(24)26/h2,5-6,15H,3-4,7-14,16H2,1H3,(H,21,25). The number of ether oxygens (including phenoxy) is 1. The third-order valence-corrected chi connectivity index (χ3v) is 5.14. The van der Waals surface area contributed by atoms with Gasteiger partial charge in [-0.3, -0.25) is 9.59 Å². The van der Waals surface area contributed by atoms with Gasteiger partial charge in [0.2, 0.25) is 5.91 Å². The minimum absolute atomic E-state index is 0.00803. The molecular weight excluding hydrogens is 344 g/mol. The Morgan fingerprint density at radius 2 is 2.00 bits per heavy atom. The first kappa shape index (κ1) is 19.6. The number of anilines is 1. The van der Waals surface area contributed by atoms with E-state index in [9.17, 15) is 9.59 Å². The molecule has 0 aromatic heterocycles. The number of hydrogen-bond donors (Lipinski definition) is 1. The van der Waals surface area contributed by atoms with Crippen molar-refractivity contribution in [1.82, 2.24) is 15.1 Å². The second-order valence-electron chi connectivity index (χ2n) is 7.28. The Morgan fingerprint density at radius 1 is 1.19 bits per heavy atom. The number of likely N-dealkylation sites (N-methyl/N-ethyl adjacent to an activating group) is 1. The highest BCUT2D eigenvalue weighted by atomic mass is 16.5. The number of hydrogen-bond acceptors (Lipinski definition) is 5. The highest BCUT2D eigenvalue weighted by Gasteiger charge is 2.21. The molecule has 0 unspecified atom stereocenters. The molecule has 0 radical (unpaired) electrons. The van der Waals surface area contributed by atoms with Crippen LogP contribution in [0.15, 0.2) is 24.3 Å². The van der Waals surface area contributed by atoms with Crippen molar-refractivity contribution in [2.45, 2.75) is 19.3 Å². The highest BCUT2D eigenvalue weighted by Crippen LogP contribution is 2.25. The topological polar surface area (TPSA) is 65.1 Å². The normalized spacial score (nSPS) is 18.7. The summed E-state index contributed by atoms with van der Waals surface area (Å²) in [6.07, 6.45) is 2.43. The molecule has 2 aliphatic rings. The van der Waals surface area contributed by atoms with E-state index in [1.54, 1.807) is 4.90 Å². The number of piperazine rings is 1. The van der Waals surface area contributed by atoms with Gasteiger partial charge in [0.15, 0.2) is 6.61 Å². The van der Waals surface area contributed by atoms with E-state index >= 15 is 0 Å². The summed E-state index contributed by atoms with van der Waals surface area (Å²) in [5.41, 5.74) is 0.836. The number of rotatable bonds is 8. The van der Waals surface area contributed by atoms with Crippen LogP contribution in [0.1, 0.15) is 19.3 Å². The molecule has 0 atom stereocenters. The maximum absolute atomic E-state index is 12.0. The number of nitrogens with one attached hydrogen (secondary N) is 1. The van der Waals surface area contributed by atoms with Crippen LogP contribution in [-0.2, 0) is 9.59 Å². The van der Waals surface area contributed by atoms with Gasteiger partial charge in [-0.2, -0.15) is 0 Å². The third-order valence-electron chi connectivity index (χ3n) is 5.14. The van der Waals surface area contributed by atoms with E-state index in [0.29, 0.717) is 18.7 Å². The Morgan fingerprint density at radius 3 is 2.74 bits per heavy atom. The fourth-order valence-corrected chi connectivity index (χ4v) is 3.46. The van der Waals surface area contributed by atoms with E-state index in [-0.39, 0.29) is 18.4 Å². The first-order valence-electron chi connectivity index (χ1n) is 9.82. The minimum Gasteiger partial charge on any atom is -0.484 e. The molecule has 7 heteroatoms. The van der Waals surface area contributed by atoms with Gasteiger partial charge in [0.05, 0.1) is 0 Å². The van der Waals surface area contributed by atoms with Gasteiger partial charge in [0.1, 0.15) is 5.75 Å². The van der Waals surface area contributed by atoms with Crippen LogP contribution in [0.2, 0.25) is 0 Å². The summed E-state index contributed by atoms with van der Waals surface area (Å²) in [6, 6.07) is 7.38. The lowest BCUT2D eigenvalue weighted by atomic mass is 10.3. The van der Waals surface area contributed by atoms with Crippen LogP contribution in [-0.4, -0.2) is 81.1 Å². The number of carbonyl (C=O) groups is 2. The van der Waals surface area contributed by atoms with Gasteiger partial charge in [0, 0.05) is 57.4 Å². The van der Waals surface area contributed by atoms with E-state index in [2.05, 4.69) is 22.2 Å². The van der Waals surface area contributed by atoms with Crippen LogP contribution in [0.4, 0.5) is 5.69 Å². The summed E-state index contributed by atoms with van der Waals surface area (Å²) in [6.45, 7) is 6.84. The summed E-state index contributed by atoms with van der Waals surface area (Å²) in [4.78, 5) is 30.4. The molecule has 1 aromatic carbocycles. The predicted octanol–water partition coefficient (Wildman–Crippen LogP) is 0.946. The molecule has 0 spiro atoms. The predicted molar refractivity (Wildman–Crippen MR) is 105 cm³/mol. The smallest absolute Gasteiger partial charge is 0.257 e. The summed E-state index contributed by atoms with van der Waals surface area (Å²) in [7, 11) is 2.15. The van der Waals surface area contributed by atoms with Crippen LogP contribution in [0.5, 0.6) is 5.75 Å². The molecule has 2 amide bonds. The summed E-state index contributed by atoms with van der Waals surface area (Å²) in [5.74, 6) is 0.640. The SMILES string of the molecule is CN1CCN(CCCNC(=O)COc2cccc(N3CCCC3=O)c2)CC1. The largest absolute Gasteiger partial charge is 0.484 e. The average Bonchev–Trinajstić information content (AvgIpc) is 3.11. The Labute approximate surface area is 161 Å².